The molecule has 1 aromatic carbocycles. The highest BCUT2D eigenvalue weighted by molar-refractivity contribution is 5.92. The fourth-order valence-corrected chi connectivity index (χ4v) is 2.70. The van der Waals surface area contributed by atoms with Gasteiger partial charge in [0.15, 0.2) is 17.6 Å². The number of Topliss-reactive ketones (excluding diaryl/α,β-unsaturated/α-hetero) is 1. The van der Waals surface area contributed by atoms with Gasteiger partial charge < -0.3 is 4.74 Å². The molecule has 0 aliphatic heterocycles. The Kier molecular flexibility index (Phi) is 3.98. The zero-order chi connectivity index (χ0) is 16.6. The predicted molar refractivity (Wildman–Crippen MR) is 81.1 cm³/mol. The van der Waals surface area contributed by atoms with E-state index in [-0.39, 0.29) is 17.3 Å². The van der Waals surface area contributed by atoms with Crippen LogP contribution in [0.25, 0.3) is 5.69 Å². The summed E-state index contributed by atoms with van der Waals surface area (Å²) in [5.74, 6) is -1.13. The van der Waals surface area contributed by atoms with E-state index in [1.54, 1.807) is 16.8 Å². The number of carbonyl (C=O) groups excluding carboxylic acids is 2. The van der Waals surface area contributed by atoms with Crippen molar-refractivity contribution < 1.29 is 18.7 Å². The van der Waals surface area contributed by atoms with E-state index < -0.39 is 12.1 Å². The van der Waals surface area contributed by atoms with Crippen molar-refractivity contribution in [2.45, 2.75) is 39.2 Å². The highest BCUT2D eigenvalue weighted by Gasteiger charge is 2.29. The summed E-state index contributed by atoms with van der Waals surface area (Å²) in [6, 6.07) is 5.95. The lowest BCUT2D eigenvalue weighted by atomic mass is 10.2. The van der Waals surface area contributed by atoms with Crippen molar-refractivity contribution in [1.29, 1.82) is 0 Å². The molecule has 0 radical (unpaired) electrons. The van der Waals surface area contributed by atoms with Gasteiger partial charge in [-0.1, -0.05) is 0 Å². The monoisotopic (exact) mass is 316 g/mol. The van der Waals surface area contributed by atoms with Gasteiger partial charge in [-0.2, -0.15) is 5.10 Å². The molecule has 0 fully saturated rings. The van der Waals surface area contributed by atoms with Crippen LogP contribution in [0.4, 0.5) is 4.39 Å². The Morgan fingerprint density at radius 3 is 2.61 bits per heavy atom. The first-order valence-corrected chi connectivity index (χ1v) is 7.55. The Morgan fingerprint density at radius 1 is 1.26 bits per heavy atom. The minimum absolute atomic E-state index is 0.215. The van der Waals surface area contributed by atoms with Gasteiger partial charge in [-0.15, -0.1) is 0 Å². The zero-order valence-electron chi connectivity index (χ0n) is 13.0. The average Bonchev–Trinajstić information content (AvgIpc) is 3.10. The molecule has 0 bridgehead atoms. The first kappa shape index (κ1) is 15.4. The fraction of sp³-hybridized carbons (Fsp3) is 0.353. The van der Waals surface area contributed by atoms with E-state index in [9.17, 15) is 14.0 Å². The van der Waals surface area contributed by atoms with Crippen molar-refractivity contribution in [3.05, 3.63) is 47.0 Å². The summed E-state index contributed by atoms with van der Waals surface area (Å²) >= 11 is 0. The van der Waals surface area contributed by atoms with Gasteiger partial charge in [0.2, 0.25) is 0 Å². The summed E-state index contributed by atoms with van der Waals surface area (Å²) in [7, 11) is 0. The number of hydrogen-bond donors (Lipinski definition) is 0. The van der Waals surface area contributed by atoms with Crippen LogP contribution in [0.3, 0.4) is 0 Å². The summed E-state index contributed by atoms with van der Waals surface area (Å²) in [6.45, 7) is 2.91. The summed E-state index contributed by atoms with van der Waals surface area (Å²) in [4.78, 5) is 23.6. The lowest BCUT2D eigenvalue weighted by Crippen LogP contribution is -2.22. The number of carbonyl (C=O) groups is 2. The van der Waals surface area contributed by atoms with Gasteiger partial charge in [-0.3, -0.25) is 4.79 Å². The van der Waals surface area contributed by atoms with Gasteiger partial charge in [0.25, 0.3) is 0 Å². The van der Waals surface area contributed by atoms with E-state index in [1.165, 1.54) is 26.0 Å². The molecule has 0 spiro atoms. The SMILES string of the molecule is CC(=O)C(C)OC(=O)c1nn(-c2ccc(F)cc2)c2c1CCC2. The second-order valence-electron chi connectivity index (χ2n) is 5.67. The number of halogens is 1. The number of hydrogen-bond acceptors (Lipinski definition) is 4. The molecule has 0 amide bonds. The van der Waals surface area contributed by atoms with Gasteiger partial charge in [0, 0.05) is 11.3 Å². The fourth-order valence-electron chi connectivity index (χ4n) is 2.70. The summed E-state index contributed by atoms with van der Waals surface area (Å²) in [5.41, 5.74) is 2.74. The van der Waals surface area contributed by atoms with Gasteiger partial charge in [0.1, 0.15) is 5.82 Å². The minimum atomic E-state index is -0.796. The minimum Gasteiger partial charge on any atom is -0.450 e. The van der Waals surface area contributed by atoms with Crippen LogP contribution in [0.5, 0.6) is 0 Å². The molecule has 1 unspecified atom stereocenters. The molecule has 120 valence electrons. The second-order valence-corrected chi connectivity index (χ2v) is 5.67. The second kappa shape index (κ2) is 5.95. The highest BCUT2D eigenvalue weighted by atomic mass is 19.1. The van der Waals surface area contributed by atoms with Crippen LogP contribution in [0, 0.1) is 5.82 Å². The Hall–Kier alpha value is -2.50. The molecular formula is C17H17FN2O3. The Morgan fingerprint density at radius 2 is 1.96 bits per heavy atom. The molecule has 0 saturated carbocycles. The van der Waals surface area contributed by atoms with Gasteiger partial charge in [-0.25, -0.2) is 13.9 Å². The smallest absolute Gasteiger partial charge is 0.359 e. The van der Waals surface area contributed by atoms with E-state index in [4.69, 9.17) is 4.74 Å². The maximum Gasteiger partial charge on any atom is 0.359 e. The van der Waals surface area contributed by atoms with Crippen LogP contribution in [0.1, 0.15) is 42.0 Å². The van der Waals surface area contributed by atoms with Gasteiger partial charge in [0.05, 0.1) is 5.69 Å². The molecule has 23 heavy (non-hydrogen) atoms. The number of ketones is 1. The average molecular weight is 316 g/mol. The Bertz CT molecular complexity index is 765. The van der Waals surface area contributed by atoms with E-state index in [1.807, 2.05) is 0 Å². The third-order valence-corrected chi connectivity index (χ3v) is 4.05. The summed E-state index contributed by atoms with van der Waals surface area (Å²) < 4.78 is 19.9. The predicted octanol–water partition coefficient (Wildman–Crippen LogP) is 2.63. The Balaban J connectivity index is 1.97. The van der Waals surface area contributed by atoms with Crippen LogP contribution < -0.4 is 0 Å². The standard InChI is InChI=1S/C17H17FN2O3/c1-10(21)11(2)23-17(22)16-14-4-3-5-15(14)20(19-16)13-8-6-12(18)7-9-13/h6-9,11H,3-5H2,1-2H3. The number of esters is 1. The highest BCUT2D eigenvalue weighted by Crippen LogP contribution is 2.28. The number of nitrogens with zero attached hydrogens (tertiary/aromatic N) is 2. The van der Waals surface area contributed by atoms with Crippen molar-refractivity contribution in [3.63, 3.8) is 0 Å². The number of benzene rings is 1. The Labute approximate surface area is 133 Å². The molecule has 0 N–H and O–H groups in total. The van der Waals surface area contributed by atoms with E-state index in [0.29, 0.717) is 5.69 Å². The largest absolute Gasteiger partial charge is 0.450 e. The normalized spacial score (nSPS) is 14.4. The van der Waals surface area contributed by atoms with Crippen LogP contribution >= 0.6 is 0 Å². The van der Waals surface area contributed by atoms with Crippen LogP contribution in [-0.2, 0) is 22.4 Å². The van der Waals surface area contributed by atoms with Crippen molar-refractivity contribution in [3.8, 4) is 5.69 Å². The molecular weight excluding hydrogens is 299 g/mol. The molecule has 1 atom stereocenters. The van der Waals surface area contributed by atoms with Crippen molar-refractivity contribution >= 4 is 11.8 Å². The molecule has 1 aliphatic rings. The molecule has 1 aromatic heterocycles. The first-order valence-electron chi connectivity index (χ1n) is 7.55. The molecule has 2 aromatic rings. The number of rotatable bonds is 4. The van der Waals surface area contributed by atoms with Gasteiger partial charge >= 0.3 is 5.97 Å². The maximum atomic E-state index is 13.1. The molecule has 5 nitrogen and oxygen atoms in total. The number of ether oxygens (including phenoxy) is 1. The van der Waals surface area contributed by atoms with Crippen LogP contribution in [-0.4, -0.2) is 27.6 Å². The molecule has 3 rings (SSSR count). The van der Waals surface area contributed by atoms with Crippen molar-refractivity contribution in [2.24, 2.45) is 0 Å². The summed E-state index contributed by atoms with van der Waals surface area (Å²) in [6.07, 6.45) is 1.68. The molecule has 0 saturated heterocycles. The lowest BCUT2D eigenvalue weighted by Gasteiger charge is -2.09. The quantitative estimate of drug-likeness (QED) is 0.814. The van der Waals surface area contributed by atoms with E-state index >= 15 is 0 Å². The third-order valence-electron chi connectivity index (χ3n) is 4.05. The summed E-state index contributed by atoms with van der Waals surface area (Å²) in [5, 5.41) is 4.35. The number of fused-ring (bicyclic) bond motifs is 1. The maximum absolute atomic E-state index is 13.1. The van der Waals surface area contributed by atoms with E-state index in [0.717, 1.165) is 30.5 Å². The van der Waals surface area contributed by atoms with E-state index in [2.05, 4.69) is 5.10 Å². The van der Waals surface area contributed by atoms with Crippen LogP contribution in [0.15, 0.2) is 24.3 Å². The molecule has 1 aliphatic carbocycles. The zero-order valence-corrected chi connectivity index (χ0v) is 13.0. The van der Waals surface area contributed by atoms with Crippen molar-refractivity contribution in [2.75, 3.05) is 0 Å². The lowest BCUT2D eigenvalue weighted by molar-refractivity contribution is -0.124. The van der Waals surface area contributed by atoms with Crippen LogP contribution in [0.2, 0.25) is 0 Å². The topological polar surface area (TPSA) is 61.2 Å². The first-order chi connectivity index (χ1) is 11.0. The molecule has 1 heterocycles. The third kappa shape index (κ3) is 2.88. The number of aromatic nitrogens is 2. The molecule has 6 heteroatoms. The van der Waals surface area contributed by atoms with Crippen molar-refractivity contribution in [1.82, 2.24) is 9.78 Å². The van der Waals surface area contributed by atoms with Gasteiger partial charge in [-0.05, 0) is 57.4 Å².